The van der Waals surface area contributed by atoms with E-state index in [0.717, 1.165) is 10.5 Å². The molecule has 42 heavy (non-hydrogen) atoms. The Hall–Kier alpha value is -4.59. The highest BCUT2D eigenvalue weighted by molar-refractivity contribution is 6.12. The Morgan fingerprint density at radius 3 is 2.02 bits per heavy atom. The van der Waals surface area contributed by atoms with Crippen LogP contribution in [0.15, 0.2) is 42.5 Å². The van der Waals surface area contributed by atoms with Gasteiger partial charge in [-0.3, -0.25) is 38.5 Å². The number of carbonyl (C=O) groups excluding carboxylic acids is 7. The molecule has 0 aromatic heterocycles. The van der Waals surface area contributed by atoms with Crippen molar-refractivity contribution in [1.82, 2.24) is 36.8 Å². The van der Waals surface area contributed by atoms with Crippen LogP contribution in [0.4, 0.5) is 0 Å². The molecule has 0 bridgehead atoms. The van der Waals surface area contributed by atoms with Crippen LogP contribution < -0.4 is 31.9 Å². The number of rotatable bonds is 19. The smallest absolute Gasteiger partial charge is 0.253 e. The zero-order valence-corrected chi connectivity index (χ0v) is 23.7. The van der Waals surface area contributed by atoms with Gasteiger partial charge < -0.3 is 31.9 Å². The van der Waals surface area contributed by atoms with Crippen LogP contribution in [0.25, 0.3) is 0 Å². The van der Waals surface area contributed by atoms with Gasteiger partial charge in [0.15, 0.2) is 0 Å². The van der Waals surface area contributed by atoms with E-state index >= 15 is 0 Å². The first kappa shape index (κ1) is 33.6. The molecule has 7 amide bonds. The Bertz CT molecular complexity index is 1120. The summed E-state index contributed by atoms with van der Waals surface area (Å²) in [6.45, 7) is 0.268. The van der Waals surface area contributed by atoms with Crippen LogP contribution in [0.2, 0.25) is 0 Å². The fraction of sp³-hybridized carbons (Fsp3) is 0.464. The number of benzene rings is 1. The molecule has 0 radical (unpaired) electrons. The first-order valence-corrected chi connectivity index (χ1v) is 13.8. The van der Waals surface area contributed by atoms with Gasteiger partial charge in [-0.1, -0.05) is 36.8 Å². The number of unbranched alkanes of at least 4 members (excludes halogenated alkanes) is 2. The number of likely N-dealkylation sites (N-methyl/N-ethyl adjacent to an activating group) is 1. The van der Waals surface area contributed by atoms with Crippen molar-refractivity contribution in [2.45, 2.75) is 38.1 Å². The third-order valence-electron chi connectivity index (χ3n) is 6.13. The van der Waals surface area contributed by atoms with Crippen LogP contribution in [0.3, 0.4) is 0 Å². The van der Waals surface area contributed by atoms with Gasteiger partial charge in [-0.25, -0.2) is 0 Å². The third-order valence-corrected chi connectivity index (χ3v) is 6.13. The van der Waals surface area contributed by atoms with Gasteiger partial charge in [0, 0.05) is 44.6 Å². The number of imide groups is 1. The molecule has 14 heteroatoms. The third kappa shape index (κ3) is 13.2. The molecule has 1 aromatic rings. The van der Waals surface area contributed by atoms with Gasteiger partial charge in [0.25, 0.3) is 11.8 Å². The second kappa shape index (κ2) is 18.7. The number of nitrogens with zero attached hydrogens (tertiary/aromatic N) is 1. The summed E-state index contributed by atoms with van der Waals surface area (Å²) in [5, 5.41) is 15.5. The molecule has 0 unspecified atom stereocenters. The largest absolute Gasteiger partial charge is 0.353 e. The lowest BCUT2D eigenvalue weighted by atomic mass is 10.1. The number of nitrogens with one attached hydrogen (secondary N) is 6. The molecular weight excluding hydrogens is 546 g/mol. The van der Waals surface area contributed by atoms with Gasteiger partial charge in [0.2, 0.25) is 29.5 Å². The maximum Gasteiger partial charge on any atom is 0.253 e. The fourth-order valence-corrected chi connectivity index (χ4v) is 3.88. The summed E-state index contributed by atoms with van der Waals surface area (Å²) in [6, 6.07) is 8.03. The summed E-state index contributed by atoms with van der Waals surface area (Å²) in [5.41, 5.74) is 0.790. The molecule has 1 atom stereocenters. The molecule has 6 N–H and O–H groups in total. The lowest BCUT2D eigenvalue weighted by Gasteiger charge is -2.19. The van der Waals surface area contributed by atoms with Crippen LogP contribution >= 0.6 is 0 Å². The fourth-order valence-electron chi connectivity index (χ4n) is 3.88. The molecule has 2 rings (SSSR count). The minimum atomic E-state index is -0.986. The summed E-state index contributed by atoms with van der Waals surface area (Å²) in [6.07, 6.45) is 4.48. The normalized spacial score (nSPS) is 12.9. The van der Waals surface area contributed by atoms with Crippen LogP contribution in [0.5, 0.6) is 0 Å². The topological polar surface area (TPSA) is 195 Å². The van der Waals surface area contributed by atoms with Gasteiger partial charge in [-0.05, 0) is 25.5 Å². The van der Waals surface area contributed by atoms with Gasteiger partial charge in [0.1, 0.15) is 6.04 Å². The molecule has 1 aliphatic rings. The maximum atomic E-state index is 12.8. The Balaban J connectivity index is 1.69. The molecule has 0 aliphatic carbocycles. The highest BCUT2D eigenvalue weighted by atomic mass is 16.2. The Kier molecular flexibility index (Phi) is 15.0. The standard InChI is InChI=1S/C28H39N7O7/c1-29-13-14-30-23(37)18-33-28(42)21(16-20-8-4-2-5-9-20)34-25(39)19-32-24(38)17-31-22(36)10-6-3-7-15-35-26(40)11-12-27(35)41/h2,4-5,8-9,11-12,21,29H,3,6-7,10,13-19H2,1H3,(H,30,37)(H,31,36)(H,32,38)(H,33,42)(H,34,39)/t21-/m0/s1. The number of amides is 7. The van der Waals surface area contributed by atoms with Crippen molar-refractivity contribution in [2.75, 3.05) is 46.3 Å². The predicted octanol–water partition coefficient (Wildman–Crippen LogP) is -2.12. The minimum absolute atomic E-state index is 0.164. The van der Waals surface area contributed by atoms with Crippen LogP contribution in [-0.4, -0.2) is 98.6 Å². The van der Waals surface area contributed by atoms with E-state index in [4.69, 9.17) is 0 Å². The molecule has 0 saturated heterocycles. The van der Waals surface area contributed by atoms with Gasteiger partial charge in [0.05, 0.1) is 19.6 Å². The van der Waals surface area contributed by atoms with Crippen molar-refractivity contribution in [3.8, 4) is 0 Å². The van der Waals surface area contributed by atoms with Crippen molar-refractivity contribution in [3.63, 3.8) is 0 Å². The molecule has 1 aliphatic heterocycles. The van der Waals surface area contributed by atoms with Gasteiger partial charge >= 0.3 is 0 Å². The second-order valence-corrected chi connectivity index (χ2v) is 9.51. The lowest BCUT2D eigenvalue weighted by molar-refractivity contribution is -0.137. The highest BCUT2D eigenvalue weighted by Gasteiger charge is 2.23. The number of carbonyl (C=O) groups is 7. The van der Waals surface area contributed by atoms with E-state index in [9.17, 15) is 33.6 Å². The first-order chi connectivity index (χ1) is 20.2. The Labute approximate surface area is 244 Å². The highest BCUT2D eigenvalue weighted by Crippen LogP contribution is 2.07. The molecule has 14 nitrogen and oxygen atoms in total. The SMILES string of the molecule is CNCCNC(=O)CNC(=O)[C@H](Cc1ccccc1)NC(=O)CNC(=O)CNC(=O)CCCCCN1C(=O)C=CC1=O. The number of hydrogen-bond acceptors (Lipinski definition) is 8. The molecule has 1 aromatic carbocycles. The molecular formula is C28H39N7O7. The summed E-state index contributed by atoms with van der Waals surface area (Å²) in [4.78, 5) is 85.5. The van der Waals surface area contributed by atoms with E-state index < -0.39 is 30.3 Å². The van der Waals surface area contributed by atoms with E-state index in [1.807, 2.05) is 6.07 Å². The average Bonchev–Trinajstić information content (AvgIpc) is 3.30. The molecule has 0 spiro atoms. The monoisotopic (exact) mass is 585 g/mol. The minimum Gasteiger partial charge on any atom is -0.353 e. The zero-order valence-electron chi connectivity index (χ0n) is 23.7. The van der Waals surface area contributed by atoms with Crippen LogP contribution in [0, 0.1) is 0 Å². The quantitative estimate of drug-likeness (QED) is 0.0783. The van der Waals surface area contributed by atoms with Crippen molar-refractivity contribution in [1.29, 1.82) is 0 Å². The van der Waals surface area contributed by atoms with Crippen LogP contribution in [0.1, 0.15) is 31.2 Å². The first-order valence-electron chi connectivity index (χ1n) is 13.8. The predicted molar refractivity (Wildman–Crippen MR) is 152 cm³/mol. The molecule has 1 heterocycles. The Morgan fingerprint density at radius 2 is 1.33 bits per heavy atom. The van der Waals surface area contributed by atoms with Gasteiger partial charge in [-0.15, -0.1) is 0 Å². The van der Waals surface area contributed by atoms with E-state index in [2.05, 4.69) is 31.9 Å². The Morgan fingerprint density at radius 1 is 0.714 bits per heavy atom. The van der Waals surface area contributed by atoms with Crippen molar-refractivity contribution >= 4 is 41.4 Å². The maximum absolute atomic E-state index is 12.8. The van der Waals surface area contributed by atoms with E-state index in [1.54, 1.807) is 31.3 Å². The van der Waals surface area contributed by atoms with Gasteiger partial charge in [-0.2, -0.15) is 0 Å². The summed E-state index contributed by atoms with van der Waals surface area (Å²) in [5.74, 6) is -3.15. The van der Waals surface area contributed by atoms with E-state index in [1.165, 1.54) is 12.2 Å². The van der Waals surface area contributed by atoms with Crippen molar-refractivity contribution in [3.05, 3.63) is 48.0 Å². The molecule has 0 saturated carbocycles. The van der Waals surface area contributed by atoms with Crippen molar-refractivity contribution < 1.29 is 33.6 Å². The zero-order chi connectivity index (χ0) is 30.7. The average molecular weight is 586 g/mol. The number of hydrogen-bond donors (Lipinski definition) is 6. The molecule has 228 valence electrons. The summed E-state index contributed by atoms with van der Waals surface area (Å²) in [7, 11) is 1.75. The van der Waals surface area contributed by atoms with Crippen molar-refractivity contribution in [2.24, 2.45) is 0 Å². The summed E-state index contributed by atoms with van der Waals surface area (Å²) >= 11 is 0. The summed E-state index contributed by atoms with van der Waals surface area (Å²) < 4.78 is 0. The second-order valence-electron chi connectivity index (χ2n) is 9.51. The lowest BCUT2D eigenvalue weighted by Crippen LogP contribution is -2.52. The van der Waals surface area contributed by atoms with E-state index in [0.29, 0.717) is 32.4 Å². The molecule has 0 fully saturated rings. The van der Waals surface area contributed by atoms with Crippen LogP contribution in [-0.2, 0) is 40.0 Å². The van der Waals surface area contributed by atoms with E-state index in [-0.39, 0.29) is 56.1 Å².